The molecule has 0 fully saturated rings. The monoisotopic (exact) mass is 400 g/mol. The first-order chi connectivity index (χ1) is 9.95. The van der Waals surface area contributed by atoms with E-state index < -0.39 is 18.0 Å². The Bertz CT molecular complexity index is 671. The van der Waals surface area contributed by atoms with Crippen molar-refractivity contribution in [3.05, 3.63) is 45.8 Å². The maximum Gasteiger partial charge on any atom is 0.331 e. The van der Waals surface area contributed by atoms with Crippen LogP contribution < -0.4 is 10.6 Å². The van der Waals surface area contributed by atoms with Gasteiger partial charge in [-0.2, -0.15) is 5.10 Å². The van der Waals surface area contributed by atoms with Crippen molar-refractivity contribution in [1.29, 1.82) is 0 Å². The van der Waals surface area contributed by atoms with E-state index in [0.29, 0.717) is 11.3 Å². The SMILES string of the molecule is Cn1cc(C(NC(=O)Nc2cccc(I)c2)C(=O)O)cn1. The molecule has 0 saturated carbocycles. The van der Waals surface area contributed by atoms with Crippen LogP contribution >= 0.6 is 22.6 Å². The molecule has 8 heteroatoms. The molecule has 0 radical (unpaired) electrons. The summed E-state index contributed by atoms with van der Waals surface area (Å²) in [7, 11) is 1.67. The van der Waals surface area contributed by atoms with Crippen LogP contribution in [0.25, 0.3) is 0 Å². The average molecular weight is 400 g/mol. The van der Waals surface area contributed by atoms with Crippen LogP contribution in [0.1, 0.15) is 11.6 Å². The fourth-order valence-corrected chi connectivity index (χ4v) is 2.28. The van der Waals surface area contributed by atoms with Crippen LogP contribution in [-0.4, -0.2) is 26.9 Å². The quantitative estimate of drug-likeness (QED) is 0.684. The van der Waals surface area contributed by atoms with Crippen molar-refractivity contribution in [2.24, 2.45) is 7.05 Å². The van der Waals surface area contributed by atoms with Gasteiger partial charge in [0.15, 0.2) is 6.04 Å². The van der Waals surface area contributed by atoms with Crippen molar-refractivity contribution >= 4 is 40.3 Å². The molecule has 0 aliphatic heterocycles. The third-order valence-corrected chi connectivity index (χ3v) is 3.33. The molecule has 110 valence electrons. The number of halogens is 1. The first kappa shape index (κ1) is 15.3. The predicted molar refractivity (Wildman–Crippen MR) is 84.9 cm³/mol. The molecule has 0 aliphatic carbocycles. The Morgan fingerprint density at radius 3 is 2.76 bits per heavy atom. The Balaban J connectivity index is 2.07. The Kier molecular flexibility index (Phi) is 4.78. The Morgan fingerprint density at radius 2 is 2.19 bits per heavy atom. The van der Waals surface area contributed by atoms with E-state index in [-0.39, 0.29) is 0 Å². The van der Waals surface area contributed by atoms with Gasteiger partial charge in [0, 0.05) is 28.1 Å². The lowest BCUT2D eigenvalue weighted by atomic mass is 10.1. The fourth-order valence-electron chi connectivity index (χ4n) is 1.74. The molecule has 0 aliphatic rings. The van der Waals surface area contributed by atoms with Gasteiger partial charge < -0.3 is 15.7 Å². The molecule has 3 N–H and O–H groups in total. The molecular weight excluding hydrogens is 387 g/mol. The highest BCUT2D eigenvalue weighted by Gasteiger charge is 2.23. The molecule has 2 aromatic rings. The number of nitrogens with zero attached hydrogens (tertiary/aromatic N) is 2. The lowest BCUT2D eigenvalue weighted by molar-refractivity contribution is -0.139. The van der Waals surface area contributed by atoms with Gasteiger partial charge in [0.25, 0.3) is 0 Å². The second kappa shape index (κ2) is 6.57. The number of hydrogen-bond donors (Lipinski definition) is 3. The van der Waals surface area contributed by atoms with Crippen molar-refractivity contribution in [3.63, 3.8) is 0 Å². The standard InChI is InChI=1S/C13H13IN4O3/c1-18-7-8(6-15-18)11(12(19)20)17-13(21)16-10-4-2-3-9(14)5-10/h2-7,11H,1H3,(H,19,20)(H2,16,17,21). The molecule has 7 nitrogen and oxygen atoms in total. The van der Waals surface area contributed by atoms with Crippen LogP contribution in [0.3, 0.4) is 0 Å². The summed E-state index contributed by atoms with van der Waals surface area (Å²) in [6.07, 6.45) is 2.95. The number of amides is 2. The highest BCUT2D eigenvalue weighted by molar-refractivity contribution is 14.1. The van der Waals surface area contributed by atoms with E-state index >= 15 is 0 Å². The number of rotatable bonds is 4. The van der Waals surface area contributed by atoms with E-state index in [0.717, 1.165) is 3.57 Å². The van der Waals surface area contributed by atoms with Gasteiger partial charge in [-0.1, -0.05) is 6.07 Å². The van der Waals surface area contributed by atoms with Crippen molar-refractivity contribution in [2.45, 2.75) is 6.04 Å². The largest absolute Gasteiger partial charge is 0.479 e. The van der Waals surface area contributed by atoms with Gasteiger partial charge in [-0.15, -0.1) is 0 Å². The highest BCUT2D eigenvalue weighted by atomic mass is 127. The van der Waals surface area contributed by atoms with Crippen LogP contribution in [0.5, 0.6) is 0 Å². The Hall–Kier alpha value is -2.10. The Labute approximate surface area is 134 Å². The minimum atomic E-state index is -1.15. The molecule has 2 amide bonds. The highest BCUT2D eigenvalue weighted by Crippen LogP contribution is 2.14. The zero-order valence-electron chi connectivity index (χ0n) is 11.1. The van der Waals surface area contributed by atoms with Crippen molar-refractivity contribution in [2.75, 3.05) is 5.32 Å². The van der Waals surface area contributed by atoms with Gasteiger partial charge in [0.1, 0.15) is 0 Å². The van der Waals surface area contributed by atoms with E-state index in [4.69, 9.17) is 0 Å². The molecule has 0 spiro atoms. The number of carboxylic acids is 1. The molecule has 1 heterocycles. The van der Waals surface area contributed by atoms with Crippen LogP contribution in [0, 0.1) is 3.57 Å². The van der Waals surface area contributed by atoms with E-state index in [1.165, 1.54) is 10.9 Å². The van der Waals surface area contributed by atoms with Crippen LogP contribution in [0.15, 0.2) is 36.7 Å². The number of carbonyl (C=O) groups excluding carboxylic acids is 1. The van der Waals surface area contributed by atoms with Gasteiger partial charge in [-0.3, -0.25) is 4.68 Å². The third-order valence-electron chi connectivity index (χ3n) is 2.66. The van der Waals surface area contributed by atoms with E-state index in [1.807, 2.05) is 6.07 Å². The summed E-state index contributed by atoms with van der Waals surface area (Å²) in [5.74, 6) is -1.15. The lowest BCUT2D eigenvalue weighted by Gasteiger charge is -2.13. The molecule has 1 aromatic heterocycles. The maximum atomic E-state index is 11.9. The summed E-state index contributed by atoms with van der Waals surface area (Å²) >= 11 is 2.12. The molecule has 1 atom stereocenters. The number of nitrogens with one attached hydrogen (secondary N) is 2. The second-order valence-corrected chi connectivity index (χ2v) is 5.57. The van der Waals surface area contributed by atoms with Gasteiger partial charge in [0.2, 0.25) is 0 Å². The summed E-state index contributed by atoms with van der Waals surface area (Å²) in [6, 6.07) is 5.45. The number of urea groups is 1. The number of aliphatic carboxylic acids is 1. The predicted octanol–water partition coefficient (Wildman–Crippen LogP) is 1.97. The number of benzene rings is 1. The molecule has 21 heavy (non-hydrogen) atoms. The Morgan fingerprint density at radius 1 is 1.43 bits per heavy atom. The minimum absolute atomic E-state index is 0.405. The lowest BCUT2D eigenvalue weighted by Crippen LogP contribution is -2.36. The average Bonchev–Trinajstić information content (AvgIpc) is 2.82. The first-order valence-electron chi connectivity index (χ1n) is 6.00. The summed E-state index contributed by atoms with van der Waals surface area (Å²) in [5.41, 5.74) is 0.998. The van der Waals surface area contributed by atoms with Gasteiger partial charge >= 0.3 is 12.0 Å². The van der Waals surface area contributed by atoms with Crippen LogP contribution in [0.2, 0.25) is 0 Å². The normalized spacial score (nSPS) is 11.7. The van der Waals surface area contributed by atoms with Crippen molar-refractivity contribution in [3.8, 4) is 0 Å². The number of hydrogen-bond acceptors (Lipinski definition) is 3. The maximum absolute atomic E-state index is 11.9. The van der Waals surface area contributed by atoms with E-state index in [1.54, 1.807) is 31.4 Å². The van der Waals surface area contributed by atoms with E-state index in [2.05, 4.69) is 38.3 Å². The molecule has 1 aromatic carbocycles. The summed E-state index contributed by atoms with van der Waals surface area (Å²) in [4.78, 5) is 23.2. The number of aryl methyl sites for hydroxylation is 1. The number of carboxylic acid groups (broad SMARTS) is 1. The first-order valence-corrected chi connectivity index (χ1v) is 7.08. The van der Waals surface area contributed by atoms with Gasteiger partial charge in [-0.25, -0.2) is 9.59 Å². The molecule has 0 bridgehead atoms. The fraction of sp³-hybridized carbons (Fsp3) is 0.154. The van der Waals surface area contributed by atoms with Crippen molar-refractivity contribution < 1.29 is 14.7 Å². The smallest absolute Gasteiger partial charge is 0.331 e. The number of anilines is 1. The van der Waals surface area contributed by atoms with Crippen LogP contribution in [0.4, 0.5) is 10.5 Å². The zero-order valence-corrected chi connectivity index (χ0v) is 13.2. The number of aromatic nitrogens is 2. The summed E-state index contributed by atoms with van der Waals surface area (Å²) in [6.45, 7) is 0. The molecule has 1 unspecified atom stereocenters. The molecular formula is C13H13IN4O3. The van der Waals surface area contributed by atoms with Crippen LogP contribution in [-0.2, 0) is 11.8 Å². The molecule has 2 rings (SSSR count). The van der Waals surface area contributed by atoms with Crippen molar-refractivity contribution in [1.82, 2.24) is 15.1 Å². The summed E-state index contributed by atoms with van der Waals surface area (Å²) < 4.78 is 2.44. The second-order valence-electron chi connectivity index (χ2n) is 4.33. The van der Waals surface area contributed by atoms with E-state index in [9.17, 15) is 14.7 Å². The number of carbonyl (C=O) groups is 2. The minimum Gasteiger partial charge on any atom is -0.479 e. The molecule has 0 saturated heterocycles. The van der Waals surface area contributed by atoms with Gasteiger partial charge in [0.05, 0.1) is 6.20 Å². The third kappa shape index (κ3) is 4.18. The summed E-state index contributed by atoms with van der Waals surface area (Å²) in [5, 5.41) is 18.1. The topological polar surface area (TPSA) is 96.2 Å². The van der Waals surface area contributed by atoms with Gasteiger partial charge in [-0.05, 0) is 40.8 Å². The zero-order chi connectivity index (χ0) is 15.4.